The molecule has 0 aromatic heterocycles. The standard InChI is InChI=1S/C26H26N2O5S/c1-2-34(31,32)28-17-22-9-7-6-8-21(22)16-24(28)26(30)33-18-19-12-14-20(15-13-19)25(29)27-23-10-4-3-5-11-23/h3-15,24H,2,16-18H2,1H3,(H,27,29)/t24-/m0/s1. The van der Waals surface area contributed by atoms with Crippen LogP contribution >= 0.6 is 0 Å². The lowest BCUT2D eigenvalue weighted by molar-refractivity contribution is -0.150. The Kier molecular flexibility index (Phi) is 7.09. The summed E-state index contributed by atoms with van der Waals surface area (Å²) in [6.45, 7) is 1.70. The molecule has 0 aliphatic carbocycles. The van der Waals surface area contributed by atoms with Gasteiger partial charge in [-0.2, -0.15) is 4.31 Å². The second-order valence-electron chi connectivity index (χ2n) is 8.06. The van der Waals surface area contributed by atoms with Gasteiger partial charge in [0.1, 0.15) is 12.6 Å². The molecule has 0 saturated carbocycles. The normalized spacial score (nSPS) is 15.9. The fraction of sp³-hybridized carbons (Fsp3) is 0.231. The van der Waals surface area contributed by atoms with Gasteiger partial charge in [0.15, 0.2) is 0 Å². The van der Waals surface area contributed by atoms with Gasteiger partial charge in [0.2, 0.25) is 10.0 Å². The van der Waals surface area contributed by atoms with Crippen molar-refractivity contribution in [3.8, 4) is 0 Å². The Morgan fingerprint density at radius 1 is 0.941 bits per heavy atom. The number of hydrogen-bond donors (Lipinski definition) is 1. The highest BCUT2D eigenvalue weighted by atomic mass is 32.2. The van der Waals surface area contributed by atoms with Gasteiger partial charge in [-0.25, -0.2) is 8.42 Å². The van der Waals surface area contributed by atoms with Crippen molar-refractivity contribution in [2.75, 3.05) is 11.1 Å². The molecule has 0 bridgehead atoms. The first-order valence-corrected chi connectivity index (χ1v) is 12.7. The number of carbonyl (C=O) groups is 2. The van der Waals surface area contributed by atoms with Gasteiger partial charge in [0.25, 0.3) is 5.91 Å². The van der Waals surface area contributed by atoms with Crippen LogP contribution in [0.1, 0.15) is 34.0 Å². The number of nitrogens with zero attached hydrogens (tertiary/aromatic N) is 1. The predicted molar refractivity (Wildman–Crippen MR) is 130 cm³/mol. The molecule has 0 spiro atoms. The zero-order valence-electron chi connectivity index (χ0n) is 18.8. The van der Waals surface area contributed by atoms with Gasteiger partial charge in [-0.05, 0) is 47.9 Å². The maximum Gasteiger partial charge on any atom is 0.325 e. The number of para-hydroxylation sites is 1. The number of carbonyl (C=O) groups excluding carboxylic acids is 2. The van der Waals surface area contributed by atoms with Crippen LogP contribution in [0.15, 0.2) is 78.9 Å². The van der Waals surface area contributed by atoms with Crippen molar-refractivity contribution < 1.29 is 22.7 Å². The van der Waals surface area contributed by atoms with E-state index in [1.165, 1.54) is 4.31 Å². The lowest BCUT2D eigenvalue weighted by Crippen LogP contribution is -2.49. The fourth-order valence-corrected chi connectivity index (χ4v) is 5.10. The van der Waals surface area contributed by atoms with Crippen LogP contribution in [-0.2, 0) is 39.1 Å². The number of amides is 1. The largest absolute Gasteiger partial charge is 0.460 e. The molecule has 1 aliphatic rings. The van der Waals surface area contributed by atoms with Gasteiger partial charge >= 0.3 is 5.97 Å². The first kappa shape index (κ1) is 23.7. The van der Waals surface area contributed by atoms with Crippen molar-refractivity contribution >= 4 is 27.6 Å². The summed E-state index contributed by atoms with van der Waals surface area (Å²) in [5.41, 5.74) is 3.72. The number of fused-ring (bicyclic) bond motifs is 1. The van der Waals surface area contributed by atoms with Gasteiger partial charge in [0, 0.05) is 24.2 Å². The number of ether oxygens (including phenoxy) is 1. The average molecular weight is 479 g/mol. The molecule has 0 unspecified atom stereocenters. The Morgan fingerprint density at radius 2 is 1.59 bits per heavy atom. The van der Waals surface area contributed by atoms with Crippen molar-refractivity contribution in [1.82, 2.24) is 4.31 Å². The summed E-state index contributed by atoms with van der Waals surface area (Å²) in [5.74, 6) is -0.917. The van der Waals surface area contributed by atoms with E-state index in [9.17, 15) is 18.0 Å². The average Bonchev–Trinajstić information content (AvgIpc) is 2.87. The summed E-state index contributed by atoms with van der Waals surface area (Å²) in [6.07, 6.45) is 0.271. The number of benzene rings is 3. The van der Waals surface area contributed by atoms with Crippen LogP contribution in [0.2, 0.25) is 0 Å². The molecule has 0 radical (unpaired) electrons. The van der Waals surface area contributed by atoms with Crippen LogP contribution in [0, 0.1) is 0 Å². The molecule has 0 saturated heterocycles. The van der Waals surface area contributed by atoms with Gasteiger partial charge in [-0.15, -0.1) is 0 Å². The topological polar surface area (TPSA) is 92.8 Å². The van der Waals surface area contributed by atoms with Gasteiger partial charge in [-0.1, -0.05) is 54.6 Å². The van der Waals surface area contributed by atoms with Gasteiger partial charge in [-0.3, -0.25) is 9.59 Å². The number of rotatable bonds is 7. The summed E-state index contributed by atoms with van der Waals surface area (Å²) in [6, 6.07) is 22.5. The molecule has 0 fully saturated rings. The molecule has 3 aromatic carbocycles. The lowest BCUT2D eigenvalue weighted by atomic mass is 9.96. The summed E-state index contributed by atoms with van der Waals surface area (Å²) >= 11 is 0. The molecule has 8 heteroatoms. The molecule has 4 rings (SSSR count). The molecule has 1 heterocycles. The first-order valence-electron chi connectivity index (χ1n) is 11.1. The maximum atomic E-state index is 12.9. The summed E-state index contributed by atoms with van der Waals surface area (Å²) in [5, 5.41) is 2.82. The molecule has 1 N–H and O–H groups in total. The second-order valence-corrected chi connectivity index (χ2v) is 10.3. The van der Waals surface area contributed by atoms with E-state index in [-0.39, 0.29) is 31.2 Å². The molecule has 1 amide bonds. The SMILES string of the molecule is CCS(=O)(=O)N1Cc2ccccc2C[C@H]1C(=O)OCc1ccc(C(=O)Nc2ccccc2)cc1. The number of nitrogens with one attached hydrogen (secondary N) is 1. The van der Waals surface area contributed by atoms with Crippen molar-refractivity contribution in [2.45, 2.75) is 32.5 Å². The van der Waals surface area contributed by atoms with E-state index in [2.05, 4.69) is 5.32 Å². The van der Waals surface area contributed by atoms with E-state index >= 15 is 0 Å². The Balaban J connectivity index is 1.41. The Bertz CT molecular complexity index is 1270. The van der Waals surface area contributed by atoms with Crippen molar-refractivity contribution in [1.29, 1.82) is 0 Å². The molecule has 1 aliphatic heterocycles. The molecule has 7 nitrogen and oxygen atoms in total. The minimum absolute atomic E-state index is 0.0163. The Labute approximate surface area is 199 Å². The van der Waals surface area contributed by atoms with Crippen LogP contribution < -0.4 is 5.32 Å². The van der Waals surface area contributed by atoms with E-state index in [0.717, 1.165) is 11.1 Å². The molecular formula is C26H26N2O5S. The van der Waals surface area contributed by atoms with Gasteiger partial charge < -0.3 is 10.1 Å². The molecule has 1 atom stereocenters. The lowest BCUT2D eigenvalue weighted by Gasteiger charge is -2.34. The van der Waals surface area contributed by atoms with E-state index < -0.39 is 22.0 Å². The predicted octanol–water partition coefficient (Wildman–Crippen LogP) is 3.76. The quantitative estimate of drug-likeness (QED) is 0.522. The van der Waals surface area contributed by atoms with E-state index in [4.69, 9.17) is 4.74 Å². The van der Waals surface area contributed by atoms with Crippen molar-refractivity contribution in [3.05, 3.63) is 101 Å². The highest BCUT2D eigenvalue weighted by molar-refractivity contribution is 7.89. The van der Waals surface area contributed by atoms with E-state index in [1.54, 1.807) is 43.3 Å². The van der Waals surface area contributed by atoms with Crippen LogP contribution in [0.3, 0.4) is 0 Å². The van der Waals surface area contributed by atoms with Crippen LogP contribution in [0.4, 0.5) is 5.69 Å². The Hall–Kier alpha value is -3.49. The summed E-state index contributed by atoms with van der Waals surface area (Å²) < 4.78 is 32.1. The number of esters is 1. The summed E-state index contributed by atoms with van der Waals surface area (Å²) in [4.78, 5) is 25.3. The van der Waals surface area contributed by atoms with Crippen LogP contribution in [-0.4, -0.2) is 36.4 Å². The molecule has 176 valence electrons. The zero-order valence-corrected chi connectivity index (χ0v) is 19.6. The fourth-order valence-electron chi connectivity index (χ4n) is 3.89. The van der Waals surface area contributed by atoms with Gasteiger partial charge in [0.05, 0.1) is 5.75 Å². The minimum atomic E-state index is -3.59. The highest BCUT2D eigenvalue weighted by Gasteiger charge is 2.38. The second kappa shape index (κ2) is 10.2. The van der Waals surface area contributed by atoms with E-state index in [1.807, 2.05) is 42.5 Å². The third-order valence-corrected chi connectivity index (χ3v) is 7.66. The van der Waals surface area contributed by atoms with Crippen LogP contribution in [0.5, 0.6) is 0 Å². The summed E-state index contributed by atoms with van der Waals surface area (Å²) in [7, 11) is -3.59. The van der Waals surface area contributed by atoms with Crippen molar-refractivity contribution in [2.24, 2.45) is 0 Å². The molecule has 34 heavy (non-hydrogen) atoms. The third-order valence-electron chi connectivity index (χ3n) is 5.83. The maximum absolute atomic E-state index is 12.9. The Morgan fingerprint density at radius 3 is 2.26 bits per heavy atom. The third kappa shape index (κ3) is 5.35. The monoisotopic (exact) mass is 478 g/mol. The smallest absolute Gasteiger partial charge is 0.325 e. The molecular weight excluding hydrogens is 452 g/mol. The zero-order chi connectivity index (χ0) is 24.1. The highest BCUT2D eigenvalue weighted by Crippen LogP contribution is 2.27. The van der Waals surface area contributed by atoms with Crippen molar-refractivity contribution in [3.63, 3.8) is 0 Å². The number of hydrogen-bond acceptors (Lipinski definition) is 5. The van der Waals surface area contributed by atoms with Crippen LogP contribution in [0.25, 0.3) is 0 Å². The van der Waals surface area contributed by atoms with E-state index in [0.29, 0.717) is 16.8 Å². The first-order chi connectivity index (χ1) is 16.4. The minimum Gasteiger partial charge on any atom is -0.460 e. The number of sulfonamides is 1. The number of anilines is 1. The molecule has 3 aromatic rings.